The molecular weight excluding hydrogens is 316 g/mol. The molecule has 0 spiro atoms. The first-order valence-corrected chi connectivity index (χ1v) is 8.85. The van der Waals surface area contributed by atoms with Gasteiger partial charge in [-0.15, -0.1) is 11.8 Å². The van der Waals surface area contributed by atoms with E-state index in [1.165, 1.54) is 0 Å². The van der Waals surface area contributed by atoms with Crippen molar-refractivity contribution >= 4 is 39.8 Å². The van der Waals surface area contributed by atoms with Gasteiger partial charge in [-0.05, 0) is 47.5 Å². The number of nitrogens with one attached hydrogen (secondary N) is 1. The zero-order valence-electron chi connectivity index (χ0n) is 13.5. The van der Waals surface area contributed by atoms with Gasteiger partial charge in [-0.25, -0.2) is 0 Å². The lowest BCUT2D eigenvalue weighted by Gasteiger charge is -2.15. The number of fused-ring (bicyclic) bond motifs is 1. The van der Waals surface area contributed by atoms with E-state index in [4.69, 9.17) is 5.73 Å². The van der Waals surface area contributed by atoms with Crippen molar-refractivity contribution in [3.63, 3.8) is 0 Å². The number of amides is 1. The van der Waals surface area contributed by atoms with E-state index in [2.05, 4.69) is 11.4 Å². The molecule has 122 valence electrons. The molecule has 3 N–H and O–H groups in total. The maximum atomic E-state index is 12.6. The lowest BCUT2D eigenvalue weighted by Crippen LogP contribution is -2.24. The third kappa shape index (κ3) is 3.89. The number of hydrogen-bond donors (Lipinski definition) is 2. The van der Waals surface area contributed by atoms with E-state index in [1.807, 2.05) is 67.6 Å². The average molecular weight is 336 g/mol. The third-order valence-electron chi connectivity index (χ3n) is 3.82. The van der Waals surface area contributed by atoms with Crippen LogP contribution in [-0.4, -0.2) is 11.2 Å². The first-order chi connectivity index (χ1) is 11.7. The lowest BCUT2D eigenvalue weighted by atomic mass is 10.1. The Morgan fingerprint density at radius 3 is 2.58 bits per heavy atom. The zero-order valence-corrected chi connectivity index (χ0v) is 14.3. The number of carbonyl (C=O) groups is 1. The Hall–Kier alpha value is -2.46. The number of anilines is 2. The maximum absolute atomic E-state index is 12.6. The van der Waals surface area contributed by atoms with Crippen LogP contribution in [0.15, 0.2) is 71.6 Å². The summed E-state index contributed by atoms with van der Waals surface area (Å²) in [6.45, 7) is 2.02. The summed E-state index contributed by atoms with van der Waals surface area (Å²) in [7, 11) is 0. The third-order valence-corrected chi connectivity index (χ3v) is 5.17. The van der Waals surface area contributed by atoms with Gasteiger partial charge >= 0.3 is 0 Å². The van der Waals surface area contributed by atoms with Crippen molar-refractivity contribution in [2.45, 2.75) is 23.5 Å². The Morgan fingerprint density at radius 2 is 1.83 bits per heavy atom. The molecule has 0 aliphatic carbocycles. The van der Waals surface area contributed by atoms with Crippen LogP contribution >= 0.6 is 11.8 Å². The highest BCUT2D eigenvalue weighted by atomic mass is 32.2. The summed E-state index contributed by atoms with van der Waals surface area (Å²) in [4.78, 5) is 13.6. The molecule has 4 heteroatoms. The van der Waals surface area contributed by atoms with Crippen molar-refractivity contribution < 1.29 is 4.79 Å². The molecule has 0 saturated carbocycles. The molecule has 0 aliphatic rings. The van der Waals surface area contributed by atoms with Gasteiger partial charge in [0.05, 0.1) is 5.25 Å². The molecule has 0 saturated heterocycles. The SMILES string of the molecule is CCC(Sc1cccc(N)c1)C(=O)Nc1ccc2ccccc2c1. The number of rotatable bonds is 5. The van der Waals surface area contributed by atoms with E-state index in [-0.39, 0.29) is 11.2 Å². The van der Waals surface area contributed by atoms with Crippen LogP contribution in [0.3, 0.4) is 0 Å². The number of benzene rings is 3. The molecule has 1 atom stereocenters. The van der Waals surface area contributed by atoms with Crippen LogP contribution in [0.5, 0.6) is 0 Å². The second-order valence-electron chi connectivity index (χ2n) is 5.64. The number of hydrogen-bond acceptors (Lipinski definition) is 3. The van der Waals surface area contributed by atoms with E-state index in [9.17, 15) is 4.79 Å². The summed E-state index contributed by atoms with van der Waals surface area (Å²) >= 11 is 1.54. The van der Waals surface area contributed by atoms with E-state index >= 15 is 0 Å². The summed E-state index contributed by atoms with van der Waals surface area (Å²) in [6, 6.07) is 21.7. The molecule has 3 aromatic carbocycles. The molecule has 3 rings (SSSR count). The monoisotopic (exact) mass is 336 g/mol. The van der Waals surface area contributed by atoms with Gasteiger partial charge in [0.2, 0.25) is 5.91 Å². The second kappa shape index (κ2) is 7.41. The molecule has 3 nitrogen and oxygen atoms in total. The average Bonchev–Trinajstić information content (AvgIpc) is 2.59. The quantitative estimate of drug-likeness (QED) is 0.513. The number of thioether (sulfide) groups is 1. The summed E-state index contributed by atoms with van der Waals surface area (Å²) in [5.74, 6) is 0.0141. The molecule has 0 radical (unpaired) electrons. The Kier molecular flexibility index (Phi) is 5.06. The predicted molar refractivity (Wildman–Crippen MR) is 103 cm³/mol. The maximum Gasteiger partial charge on any atom is 0.237 e. The van der Waals surface area contributed by atoms with Crippen molar-refractivity contribution in [1.82, 2.24) is 0 Å². The predicted octanol–water partition coefficient (Wildman–Crippen LogP) is 4.93. The fourth-order valence-corrected chi connectivity index (χ4v) is 3.59. The first-order valence-electron chi connectivity index (χ1n) is 7.97. The molecule has 0 fully saturated rings. The minimum Gasteiger partial charge on any atom is -0.399 e. The topological polar surface area (TPSA) is 55.1 Å². The van der Waals surface area contributed by atoms with Crippen molar-refractivity contribution in [2.24, 2.45) is 0 Å². The van der Waals surface area contributed by atoms with Crippen LogP contribution in [0.4, 0.5) is 11.4 Å². The van der Waals surface area contributed by atoms with Gasteiger partial charge < -0.3 is 11.1 Å². The van der Waals surface area contributed by atoms with Crippen molar-refractivity contribution in [1.29, 1.82) is 0 Å². The number of nitrogen functional groups attached to an aromatic ring is 1. The summed E-state index contributed by atoms with van der Waals surface area (Å²) in [5.41, 5.74) is 7.35. The van der Waals surface area contributed by atoms with Gasteiger partial charge in [-0.2, -0.15) is 0 Å². The summed E-state index contributed by atoms with van der Waals surface area (Å²) in [5, 5.41) is 5.16. The standard InChI is InChI=1S/C20H20N2OS/c1-2-19(24-18-9-5-8-16(21)13-18)20(23)22-17-11-10-14-6-3-4-7-15(14)12-17/h3-13,19H,2,21H2,1H3,(H,22,23). The fraction of sp³-hybridized carbons (Fsp3) is 0.150. The van der Waals surface area contributed by atoms with Gasteiger partial charge in [0.1, 0.15) is 0 Å². The Morgan fingerprint density at radius 1 is 1.04 bits per heavy atom. The molecular formula is C20H20N2OS. The van der Waals surface area contributed by atoms with E-state index < -0.39 is 0 Å². The smallest absolute Gasteiger partial charge is 0.237 e. The van der Waals surface area contributed by atoms with Crippen LogP contribution in [0.25, 0.3) is 10.8 Å². The van der Waals surface area contributed by atoms with Gasteiger partial charge in [0, 0.05) is 16.3 Å². The lowest BCUT2D eigenvalue weighted by molar-refractivity contribution is -0.115. The largest absolute Gasteiger partial charge is 0.399 e. The normalized spacial score (nSPS) is 12.0. The van der Waals surface area contributed by atoms with Crippen LogP contribution in [0, 0.1) is 0 Å². The molecule has 3 aromatic rings. The van der Waals surface area contributed by atoms with Crippen LogP contribution < -0.4 is 11.1 Å². The molecule has 0 aliphatic heterocycles. The molecule has 0 aromatic heterocycles. The highest BCUT2D eigenvalue weighted by Crippen LogP contribution is 2.28. The highest BCUT2D eigenvalue weighted by Gasteiger charge is 2.18. The summed E-state index contributed by atoms with van der Waals surface area (Å²) in [6.07, 6.45) is 0.749. The van der Waals surface area contributed by atoms with Gasteiger partial charge in [-0.1, -0.05) is 43.3 Å². The number of carbonyl (C=O) groups excluding carboxylic acids is 1. The van der Waals surface area contributed by atoms with Crippen LogP contribution in [0.1, 0.15) is 13.3 Å². The fourth-order valence-electron chi connectivity index (χ4n) is 2.56. The molecule has 0 bridgehead atoms. The zero-order chi connectivity index (χ0) is 16.9. The summed E-state index contributed by atoms with van der Waals surface area (Å²) < 4.78 is 0. The van der Waals surface area contributed by atoms with E-state index in [0.29, 0.717) is 5.69 Å². The molecule has 24 heavy (non-hydrogen) atoms. The first kappa shape index (κ1) is 16.4. The Bertz CT molecular complexity index is 863. The molecule has 1 amide bonds. The van der Waals surface area contributed by atoms with Crippen LogP contribution in [-0.2, 0) is 4.79 Å². The minimum absolute atomic E-state index is 0.0141. The Labute approximate surface area is 146 Å². The number of nitrogens with two attached hydrogens (primary N) is 1. The highest BCUT2D eigenvalue weighted by molar-refractivity contribution is 8.00. The van der Waals surface area contributed by atoms with Gasteiger partial charge in [-0.3, -0.25) is 4.79 Å². The van der Waals surface area contributed by atoms with Gasteiger partial charge in [0.15, 0.2) is 0 Å². The van der Waals surface area contributed by atoms with Gasteiger partial charge in [0.25, 0.3) is 0 Å². The van der Waals surface area contributed by atoms with Crippen molar-refractivity contribution in [3.8, 4) is 0 Å². The molecule has 0 heterocycles. The van der Waals surface area contributed by atoms with Crippen molar-refractivity contribution in [3.05, 3.63) is 66.7 Å². The Balaban J connectivity index is 1.73. The molecule has 1 unspecified atom stereocenters. The second-order valence-corrected chi connectivity index (χ2v) is 6.91. The van der Waals surface area contributed by atoms with Crippen molar-refractivity contribution in [2.75, 3.05) is 11.1 Å². The van der Waals surface area contributed by atoms with E-state index in [0.717, 1.165) is 27.8 Å². The minimum atomic E-state index is -0.154. The van der Waals surface area contributed by atoms with Crippen LogP contribution in [0.2, 0.25) is 0 Å². The van der Waals surface area contributed by atoms with E-state index in [1.54, 1.807) is 11.8 Å².